The second kappa shape index (κ2) is 4.49. The summed E-state index contributed by atoms with van der Waals surface area (Å²) >= 11 is 0. The number of ether oxygens (including phenoxy) is 1. The van der Waals surface area contributed by atoms with E-state index in [1.54, 1.807) is 0 Å². The molecule has 1 heterocycles. The molecule has 6 atom stereocenters. The lowest BCUT2D eigenvalue weighted by Crippen LogP contribution is -2.61. The van der Waals surface area contributed by atoms with E-state index in [1.165, 1.54) is 0 Å². The first-order chi connectivity index (χ1) is 6.49. The molecule has 6 N–H and O–H groups in total. The minimum absolute atomic E-state index is 0.683. The first-order valence-corrected chi connectivity index (χ1v) is 4.15. The van der Waals surface area contributed by atoms with E-state index in [9.17, 15) is 10.2 Å². The molecule has 1 saturated heterocycles. The van der Waals surface area contributed by atoms with Gasteiger partial charge in [0.2, 0.25) is 0 Å². The van der Waals surface area contributed by atoms with Crippen molar-refractivity contribution < 1.29 is 35.4 Å². The van der Waals surface area contributed by atoms with Gasteiger partial charge in [0.05, 0.1) is 6.61 Å². The molecule has 7 heteroatoms. The van der Waals surface area contributed by atoms with Crippen molar-refractivity contribution in [3.05, 3.63) is 0 Å². The van der Waals surface area contributed by atoms with Gasteiger partial charge >= 0.3 is 0 Å². The Kier molecular flexibility index (Phi) is 3.78. The van der Waals surface area contributed by atoms with E-state index in [4.69, 9.17) is 20.4 Å². The largest absolute Gasteiger partial charge is 0.394 e. The lowest BCUT2D eigenvalue weighted by atomic mass is 9.96. The zero-order valence-electron chi connectivity index (χ0n) is 7.26. The third-order valence-corrected chi connectivity index (χ3v) is 2.19. The standard InChI is InChI=1S/C7H14O7/c8-1-2(9)6-4(11)3(10)5(12)7(13)14-6/h2-13H,1H2/t2-,3-,4-,5-,6-,7?/m1/s1. The third-order valence-electron chi connectivity index (χ3n) is 2.19. The number of hydrogen-bond donors (Lipinski definition) is 6. The fourth-order valence-electron chi connectivity index (χ4n) is 1.31. The van der Waals surface area contributed by atoms with Crippen LogP contribution in [0.25, 0.3) is 0 Å². The van der Waals surface area contributed by atoms with E-state index in [2.05, 4.69) is 4.74 Å². The van der Waals surface area contributed by atoms with Crippen molar-refractivity contribution in [2.75, 3.05) is 6.61 Å². The summed E-state index contributed by atoms with van der Waals surface area (Å²) in [5.41, 5.74) is 0. The Morgan fingerprint density at radius 3 is 2.07 bits per heavy atom. The van der Waals surface area contributed by atoms with Gasteiger partial charge in [-0.05, 0) is 0 Å². The van der Waals surface area contributed by atoms with Gasteiger partial charge in [0.25, 0.3) is 0 Å². The Hall–Kier alpha value is -0.280. The van der Waals surface area contributed by atoms with Gasteiger partial charge < -0.3 is 35.4 Å². The molecule has 14 heavy (non-hydrogen) atoms. The van der Waals surface area contributed by atoms with E-state index in [0.29, 0.717) is 0 Å². The lowest BCUT2D eigenvalue weighted by molar-refractivity contribution is -0.298. The molecule has 7 nitrogen and oxygen atoms in total. The number of rotatable bonds is 2. The Morgan fingerprint density at radius 1 is 1.00 bits per heavy atom. The second-order valence-electron chi connectivity index (χ2n) is 3.21. The van der Waals surface area contributed by atoms with Gasteiger partial charge in [-0.2, -0.15) is 0 Å². The molecule has 0 bridgehead atoms. The Morgan fingerprint density at radius 2 is 1.57 bits per heavy atom. The summed E-state index contributed by atoms with van der Waals surface area (Å²) in [6, 6.07) is 0. The van der Waals surface area contributed by atoms with E-state index in [0.717, 1.165) is 0 Å². The van der Waals surface area contributed by atoms with Crippen molar-refractivity contribution in [2.24, 2.45) is 0 Å². The fraction of sp³-hybridized carbons (Fsp3) is 1.00. The molecule has 0 aromatic rings. The molecule has 0 radical (unpaired) electrons. The van der Waals surface area contributed by atoms with Crippen LogP contribution in [0.2, 0.25) is 0 Å². The Balaban J connectivity index is 2.70. The van der Waals surface area contributed by atoms with Crippen molar-refractivity contribution in [3.8, 4) is 0 Å². The molecule has 0 aromatic carbocycles. The van der Waals surface area contributed by atoms with E-state index < -0.39 is 43.4 Å². The first kappa shape index (κ1) is 11.8. The van der Waals surface area contributed by atoms with Crippen molar-refractivity contribution >= 4 is 0 Å². The second-order valence-corrected chi connectivity index (χ2v) is 3.21. The van der Waals surface area contributed by atoms with Crippen LogP contribution in [-0.2, 0) is 4.74 Å². The molecule has 0 saturated carbocycles. The maximum Gasteiger partial charge on any atom is 0.184 e. The third kappa shape index (κ3) is 2.04. The van der Waals surface area contributed by atoms with Crippen molar-refractivity contribution in [3.63, 3.8) is 0 Å². The molecule has 1 rings (SSSR count). The predicted octanol–water partition coefficient (Wildman–Crippen LogP) is -3.86. The molecule has 1 unspecified atom stereocenters. The van der Waals surface area contributed by atoms with Crippen LogP contribution in [0.5, 0.6) is 0 Å². The summed E-state index contributed by atoms with van der Waals surface area (Å²) in [6.45, 7) is -0.683. The summed E-state index contributed by atoms with van der Waals surface area (Å²) in [5.74, 6) is 0. The molecule has 1 fully saturated rings. The zero-order valence-corrected chi connectivity index (χ0v) is 7.26. The fourth-order valence-corrected chi connectivity index (χ4v) is 1.31. The highest BCUT2D eigenvalue weighted by Gasteiger charge is 2.45. The van der Waals surface area contributed by atoms with Crippen LogP contribution < -0.4 is 0 Å². The van der Waals surface area contributed by atoms with E-state index >= 15 is 0 Å². The van der Waals surface area contributed by atoms with Crippen LogP contribution in [0.1, 0.15) is 0 Å². The average molecular weight is 210 g/mol. The minimum atomic E-state index is -1.69. The van der Waals surface area contributed by atoms with E-state index in [1.807, 2.05) is 0 Å². The topological polar surface area (TPSA) is 131 Å². The van der Waals surface area contributed by atoms with Crippen LogP contribution in [0, 0.1) is 0 Å². The molecular formula is C7H14O7. The minimum Gasteiger partial charge on any atom is -0.394 e. The van der Waals surface area contributed by atoms with Crippen molar-refractivity contribution in [2.45, 2.75) is 36.8 Å². The smallest absolute Gasteiger partial charge is 0.184 e. The Labute approximate surface area is 79.8 Å². The van der Waals surface area contributed by atoms with Gasteiger partial charge in [0.1, 0.15) is 30.5 Å². The molecular weight excluding hydrogens is 196 g/mol. The lowest BCUT2D eigenvalue weighted by Gasteiger charge is -2.39. The highest BCUT2D eigenvalue weighted by Crippen LogP contribution is 2.21. The average Bonchev–Trinajstić information content (AvgIpc) is 2.19. The zero-order chi connectivity index (χ0) is 10.9. The Bertz CT molecular complexity index is 187. The highest BCUT2D eigenvalue weighted by atomic mass is 16.6. The normalized spacial score (nSPS) is 46.3. The molecule has 0 amide bonds. The molecule has 84 valence electrons. The van der Waals surface area contributed by atoms with Gasteiger partial charge in [-0.15, -0.1) is 0 Å². The first-order valence-electron chi connectivity index (χ1n) is 4.15. The van der Waals surface area contributed by atoms with Gasteiger partial charge in [-0.3, -0.25) is 0 Å². The number of aliphatic hydroxyl groups excluding tert-OH is 6. The molecule has 1 aliphatic heterocycles. The van der Waals surface area contributed by atoms with Crippen molar-refractivity contribution in [1.82, 2.24) is 0 Å². The summed E-state index contributed by atoms with van der Waals surface area (Å²) < 4.78 is 4.62. The summed E-state index contributed by atoms with van der Waals surface area (Å²) in [4.78, 5) is 0. The summed E-state index contributed by atoms with van der Waals surface area (Å²) in [6.07, 6.45) is -9.26. The molecule has 0 spiro atoms. The van der Waals surface area contributed by atoms with Gasteiger partial charge in [0.15, 0.2) is 6.29 Å². The SMILES string of the molecule is OC[C@@H](O)[C@H]1OC(O)[C@H](O)[C@H](O)[C@H]1O. The van der Waals surface area contributed by atoms with Crippen LogP contribution >= 0.6 is 0 Å². The van der Waals surface area contributed by atoms with Crippen LogP contribution in [0.15, 0.2) is 0 Å². The van der Waals surface area contributed by atoms with Gasteiger partial charge in [-0.1, -0.05) is 0 Å². The van der Waals surface area contributed by atoms with Gasteiger partial charge in [-0.25, -0.2) is 0 Å². The predicted molar refractivity (Wildman–Crippen MR) is 42.0 cm³/mol. The van der Waals surface area contributed by atoms with Crippen LogP contribution in [0.4, 0.5) is 0 Å². The summed E-state index contributed by atoms with van der Waals surface area (Å²) in [7, 11) is 0. The number of hydrogen-bond acceptors (Lipinski definition) is 7. The monoisotopic (exact) mass is 210 g/mol. The molecule has 0 aliphatic carbocycles. The highest BCUT2D eigenvalue weighted by molar-refractivity contribution is 4.91. The van der Waals surface area contributed by atoms with Gasteiger partial charge in [0, 0.05) is 0 Å². The maximum atomic E-state index is 9.31. The van der Waals surface area contributed by atoms with E-state index in [-0.39, 0.29) is 0 Å². The maximum absolute atomic E-state index is 9.31. The summed E-state index contributed by atoms with van der Waals surface area (Å²) in [5, 5.41) is 54.3. The molecule has 0 aromatic heterocycles. The van der Waals surface area contributed by atoms with Crippen LogP contribution in [-0.4, -0.2) is 74.1 Å². The number of aliphatic hydroxyl groups is 6. The quantitative estimate of drug-likeness (QED) is 0.275. The van der Waals surface area contributed by atoms with Crippen molar-refractivity contribution in [1.29, 1.82) is 0 Å². The van der Waals surface area contributed by atoms with Crippen LogP contribution in [0.3, 0.4) is 0 Å². The molecule has 1 aliphatic rings.